The number of rotatable bonds is 0. The summed E-state index contributed by atoms with van der Waals surface area (Å²) in [7, 11) is 0. The maximum atomic E-state index is 4.53. The van der Waals surface area contributed by atoms with E-state index < -0.39 is 0 Å². The van der Waals surface area contributed by atoms with Gasteiger partial charge in [-0.05, 0) is 57.1 Å². The second-order valence-electron chi connectivity index (χ2n) is 7.46. The van der Waals surface area contributed by atoms with Crippen LogP contribution < -0.4 is 0 Å². The van der Waals surface area contributed by atoms with Crippen LogP contribution in [0.5, 0.6) is 0 Å². The first-order valence-corrected chi connectivity index (χ1v) is 8.11. The Morgan fingerprint density at radius 1 is 1.10 bits per heavy atom. The summed E-state index contributed by atoms with van der Waals surface area (Å²) in [5.74, 6) is 1.17. The number of nitrogens with zero attached hydrogens (tertiary/aromatic N) is 3. The average Bonchev–Trinajstić information content (AvgIpc) is 2.80. The molecule has 0 amide bonds. The summed E-state index contributed by atoms with van der Waals surface area (Å²) in [6.07, 6.45) is 4.92. The van der Waals surface area contributed by atoms with E-state index in [-0.39, 0.29) is 5.54 Å². The minimum absolute atomic E-state index is 0.00510. The fraction of sp³-hybridized carbons (Fsp3) is 0.556. The topological polar surface area (TPSA) is 30.7 Å². The average molecular weight is 281 g/mol. The van der Waals surface area contributed by atoms with Crippen molar-refractivity contribution >= 4 is 0 Å². The van der Waals surface area contributed by atoms with Crippen LogP contribution in [-0.4, -0.2) is 15.0 Å². The van der Waals surface area contributed by atoms with Gasteiger partial charge in [0.25, 0.3) is 0 Å². The second-order valence-corrected chi connectivity index (χ2v) is 7.46. The first-order chi connectivity index (χ1) is 10.1. The molecule has 3 nitrogen and oxygen atoms in total. The third kappa shape index (κ3) is 1.86. The molecule has 0 saturated heterocycles. The highest BCUT2D eigenvalue weighted by molar-refractivity contribution is 5.51. The van der Waals surface area contributed by atoms with Gasteiger partial charge in [-0.3, -0.25) is 0 Å². The van der Waals surface area contributed by atoms with Crippen LogP contribution in [0.2, 0.25) is 0 Å². The molecule has 0 bridgehead atoms. The molecular weight excluding hydrogens is 258 g/mol. The molecule has 1 aromatic heterocycles. The lowest BCUT2D eigenvalue weighted by molar-refractivity contribution is 0.316. The van der Waals surface area contributed by atoms with E-state index in [1.165, 1.54) is 36.2 Å². The predicted octanol–water partition coefficient (Wildman–Crippen LogP) is 3.99. The molecule has 0 radical (unpaired) electrons. The zero-order chi connectivity index (χ0) is 14.6. The largest absolute Gasteiger partial charge is 0.243 e. The van der Waals surface area contributed by atoms with Crippen LogP contribution in [0.15, 0.2) is 24.3 Å². The molecule has 2 atom stereocenters. The third-order valence-corrected chi connectivity index (χ3v) is 5.02. The van der Waals surface area contributed by atoms with E-state index in [2.05, 4.69) is 60.0 Å². The Kier molecular flexibility index (Phi) is 2.75. The standard InChI is InChI=1S/C18H23N3/c1-18(2,3)21-17-15(19-20-21)11-7-6-10-14-12-8-4-5-9-13(12)16(14)17/h4-5,8-9,14,16H,6-7,10-11H2,1-3H3. The van der Waals surface area contributed by atoms with Crippen molar-refractivity contribution in [1.82, 2.24) is 15.0 Å². The molecular formula is C18H23N3. The Bertz CT molecular complexity index is 678. The quantitative estimate of drug-likeness (QED) is 0.731. The first-order valence-electron chi connectivity index (χ1n) is 8.11. The van der Waals surface area contributed by atoms with Crippen LogP contribution in [0.3, 0.4) is 0 Å². The van der Waals surface area contributed by atoms with Gasteiger partial charge in [0.2, 0.25) is 0 Å². The monoisotopic (exact) mass is 281 g/mol. The molecule has 0 spiro atoms. The minimum atomic E-state index is -0.00510. The lowest BCUT2D eigenvalue weighted by Crippen LogP contribution is -2.33. The summed E-state index contributed by atoms with van der Waals surface area (Å²) in [4.78, 5) is 0. The fourth-order valence-corrected chi connectivity index (χ4v) is 4.05. The smallest absolute Gasteiger partial charge is 0.0866 e. The molecule has 3 heteroatoms. The van der Waals surface area contributed by atoms with Crippen molar-refractivity contribution in [2.45, 2.75) is 63.8 Å². The van der Waals surface area contributed by atoms with Gasteiger partial charge in [0.15, 0.2) is 0 Å². The SMILES string of the molecule is CC(C)(C)n1nnc2c1C1c3ccccc3C1CCCC2. The number of hydrogen-bond acceptors (Lipinski definition) is 2. The van der Waals surface area contributed by atoms with E-state index in [1.807, 2.05) is 0 Å². The van der Waals surface area contributed by atoms with E-state index in [0.717, 1.165) is 6.42 Å². The number of hydrogen-bond donors (Lipinski definition) is 0. The number of fused-ring (bicyclic) bond motifs is 6. The highest BCUT2D eigenvalue weighted by Gasteiger charge is 2.43. The summed E-state index contributed by atoms with van der Waals surface area (Å²) < 4.78 is 2.18. The van der Waals surface area contributed by atoms with Gasteiger partial charge in [0, 0.05) is 5.92 Å². The third-order valence-electron chi connectivity index (χ3n) is 5.02. The maximum Gasteiger partial charge on any atom is 0.0866 e. The summed E-state index contributed by atoms with van der Waals surface area (Å²) in [6, 6.07) is 8.94. The summed E-state index contributed by atoms with van der Waals surface area (Å²) in [5, 5.41) is 9.04. The molecule has 1 aromatic carbocycles. The molecule has 0 aliphatic heterocycles. The highest BCUT2D eigenvalue weighted by Crippen LogP contribution is 2.54. The minimum Gasteiger partial charge on any atom is -0.243 e. The van der Waals surface area contributed by atoms with Crippen LogP contribution in [0, 0.1) is 0 Å². The number of aromatic nitrogens is 3. The van der Waals surface area contributed by atoms with Crippen molar-refractivity contribution < 1.29 is 0 Å². The van der Waals surface area contributed by atoms with Crippen LogP contribution in [0.4, 0.5) is 0 Å². The lowest BCUT2D eigenvalue weighted by Gasteiger charge is -2.42. The molecule has 0 fully saturated rings. The van der Waals surface area contributed by atoms with Crippen molar-refractivity contribution in [1.29, 1.82) is 0 Å². The van der Waals surface area contributed by atoms with E-state index in [9.17, 15) is 0 Å². The van der Waals surface area contributed by atoms with Gasteiger partial charge >= 0.3 is 0 Å². The van der Waals surface area contributed by atoms with Gasteiger partial charge in [0.05, 0.1) is 16.9 Å². The maximum absolute atomic E-state index is 4.53. The van der Waals surface area contributed by atoms with Crippen LogP contribution in [0.25, 0.3) is 0 Å². The fourth-order valence-electron chi connectivity index (χ4n) is 4.05. The molecule has 110 valence electrons. The molecule has 2 aliphatic carbocycles. The molecule has 4 rings (SSSR count). The Balaban J connectivity index is 1.90. The zero-order valence-electron chi connectivity index (χ0n) is 13.1. The van der Waals surface area contributed by atoms with E-state index >= 15 is 0 Å². The van der Waals surface area contributed by atoms with Gasteiger partial charge in [-0.15, -0.1) is 5.10 Å². The van der Waals surface area contributed by atoms with Crippen molar-refractivity contribution in [3.63, 3.8) is 0 Å². The molecule has 2 aliphatic rings. The van der Waals surface area contributed by atoms with Crippen molar-refractivity contribution in [3.05, 3.63) is 46.8 Å². The summed E-state index contributed by atoms with van der Waals surface area (Å²) >= 11 is 0. The van der Waals surface area contributed by atoms with Gasteiger partial charge in [-0.25, -0.2) is 4.68 Å². The van der Waals surface area contributed by atoms with Crippen LogP contribution >= 0.6 is 0 Å². The van der Waals surface area contributed by atoms with Gasteiger partial charge in [-0.1, -0.05) is 35.9 Å². The van der Waals surface area contributed by atoms with Crippen molar-refractivity contribution in [2.24, 2.45) is 0 Å². The van der Waals surface area contributed by atoms with Crippen molar-refractivity contribution in [2.75, 3.05) is 0 Å². The van der Waals surface area contributed by atoms with Crippen molar-refractivity contribution in [3.8, 4) is 0 Å². The second kappa shape index (κ2) is 4.43. The zero-order valence-corrected chi connectivity index (χ0v) is 13.1. The van der Waals surface area contributed by atoms with E-state index in [0.29, 0.717) is 11.8 Å². The van der Waals surface area contributed by atoms with Crippen LogP contribution in [0.1, 0.15) is 74.4 Å². The normalized spacial score (nSPS) is 24.1. The molecule has 0 N–H and O–H groups in total. The van der Waals surface area contributed by atoms with E-state index in [1.54, 1.807) is 5.56 Å². The summed E-state index contributed by atoms with van der Waals surface area (Å²) in [5.41, 5.74) is 5.66. The molecule has 21 heavy (non-hydrogen) atoms. The van der Waals surface area contributed by atoms with Gasteiger partial charge in [-0.2, -0.15) is 0 Å². The number of aryl methyl sites for hydroxylation is 1. The Hall–Kier alpha value is -1.64. The van der Waals surface area contributed by atoms with E-state index in [4.69, 9.17) is 0 Å². The van der Waals surface area contributed by atoms with Gasteiger partial charge < -0.3 is 0 Å². The Morgan fingerprint density at radius 2 is 1.86 bits per heavy atom. The first kappa shape index (κ1) is 13.1. The lowest BCUT2D eigenvalue weighted by atomic mass is 9.63. The molecule has 2 aromatic rings. The molecule has 0 saturated carbocycles. The molecule has 1 heterocycles. The highest BCUT2D eigenvalue weighted by atomic mass is 15.5. The summed E-state index contributed by atoms with van der Waals surface area (Å²) in [6.45, 7) is 6.67. The van der Waals surface area contributed by atoms with Gasteiger partial charge in [0.1, 0.15) is 0 Å². The number of benzene rings is 1. The predicted molar refractivity (Wildman–Crippen MR) is 83.6 cm³/mol. The molecule has 2 unspecified atom stereocenters. The Labute approximate surface area is 126 Å². The Morgan fingerprint density at radius 3 is 2.62 bits per heavy atom. The van der Waals surface area contributed by atoms with Crippen LogP contribution in [-0.2, 0) is 12.0 Å².